The van der Waals surface area contributed by atoms with E-state index in [1.165, 1.54) is 0 Å². The zero-order valence-corrected chi connectivity index (χ0v) is 19.5. The molecule has 2 aromatic carbocycles. The lowest BCUT2D eigenvalue weighted by atomic mass is 9.71. The smallest absolute Gasteiger partial charge is 0.407 e. The third-order valence-electron chi connectivity index (χ3n) is 7.34. The molecule has 1 saturated heterocycles. The molecule has 9 heteroatoms. The zero-order valence-electron chi connectivity index (χ0n) is 19.5. The third-order valence-corrected chi connectivity index (χ3v) is 7.34. The highest BCUT2D eigenvalue weighted by molar-refractivity contribution is 5.81. The first kappa shape index (κ1) is 23.6. The maximum atomic E-state index is 12.8. The molecule has 0 unspecified atom stereocenters. The van der Waals surface area contributed by atoms with E-state index in [1.807, 2.05) is 36.4 Å². The molecule has 1 aliphatic carbocycles. The fraction of sp³-hybridized carbons (Fsp3) is 0.440. The van der Waals surface area contributed by atoms with Crippen molar-refractivity contribution in [1.29, 1.82) is 0 Å². The van der Waals surface area contributed by atoms with E-state index in [0.29, 0.717) is 12.8 Å². The first-order chi connectivity index (χ1) is 16.3. The highest BCUT2D eigenvalue weighted by Crippen LogP contribution is 2.44. The van der Waals surface area contributed by atoms with Crippen LogP contribution in [-0.4, -0.2) is 68.0 Å². The number of nitrogens with one attached hydrogen (secondary N) is 1. The number of quaternary nitrogens is 1. The number of aliphatic carboxylic acids is 1. The van der Waals surface area contributed by atoms with Crippen molar-refractivity contribution in [3.05, 3.63) is 70.1 Å². The molecule has 0 saturated carbocycles. The van der Waals surface area contributed by atoms with E-state index in [1.54, 1.807) is 0 Å². The van der Waals surface area contributed by atoms with Gasteiger partial charge in [0.2, 0.25) is 0 Å². The number of ether oxygens (including phenoxy) is 1. The fourth-order valence-corrected chi connectivity index (χ4v) is 5.23. The molecule has 2 aliphatic rings. The van der Waals surface area contributed by atoms with Gasteiger partial charge in [-0.1, -0.05) is 53.6 Å². The highest BCUT2D eigenvalue weighted by atomic mass is 16.5. The molecular formula is C25H30N5O4+. The number of fused-ring (bicyclic) bond motifs is 3. The molecule has 34 heavy (non-hydrogen) atoms. The Balaban J connectivity index is 1.50. The van der Waals surface area contributed by atoms with Gasteiger partial charge in [-0.2, -0.15) is 0 Å². The van der Waals surface area contributed by atoms with E-state index >= 15 is 0 Å². The van der Waals surface area contributed by atoms with Gasteiger partial charge in [0.25, 0.3) is 0 Å². The molecule has 4 rings (SSSR count). The summed E-state index contributed by atoms with van der Waals surface area (Å²) in [6.45, 7) is 1.54. The van der Waals surface area contributed by atoms with Crippen LogP contribution in [0.4, 0.5) is 4.79 Å². The van der Waals surface area contributed by atoms with Crippen LogP contribution in [0.3, 0.4) is 0 Å². The number of amides is 1. The summed E-state index contributed by atoms with van der Waals surface area (Å²) >= 11 is 0. The van der Waals surface area contributed by atoms with Crippen molar-refractivity contribution in [2.75, 3.05) is 40.3 Å². The van der Waals surface area contributed by atoms with E-state index < -0.39 is 23.5 Å². The molecule has 0 aromatic heterocycles. The second kappa shape index (κ2) is 9.37. The summed E-state index contributed by atoms with van der Waals surface area (Å²) in [5.74, 6) is -1.28. The molecule has 1 atom stereocenters. The summed E-state index contributed by atoms with van der Waals surface area (Å²) < 4.78 is 6.33. The van der Waals surface area contributed by atoms with Gasteiger partial charge in [-0.25, -0.2) is 9.59 Å². The van der Waals surface area contributed by atoms with E-state index in [9.17, 15) is 14.7 Å². The van der Waals surface area contributed by atoms with Gasteiger partial charge in [0, 0.05) is 35.6 Å². The number of carbonyl (C=O) groups excluding carboxylic acids is 1. The van der Waals surface area contributed by atoms with Crippen LogP contribution in [0, 0.1) is 5.41 Å². The minimum atomic E-state index is -1.21. The molecule has 1 fully saturated rings. The molecule has 2 aromatic rings. The number of carbonyl (C=O) groups is 2. The number of alkyl carbamates (subject to hydrolysis) is 1. The Bertz CT molecular complexity index is 1090. The van der Waals surface area contributed by atoms with Gasteiger partial charge in [0.1, 0.15) is 12.6 Å². The summed E-state index contributed by atoms with van der Waals surface area (Å²) in [6.07, 6.45) is 0.244. The van der Waals surface area contributed by atoms with Gasteiger partial charge < -0.3 is 19.6 Å². The van der Waals surface area contributed by atoms with E-state index in [2.05, 4.69) is 41.6 Å². The number of carboxylic acid groups (broad SMARTS) is 1. The van der Waals surface area contributed by atoms with Crippen LogP contribution < -0.4 is 5.32 Å². The number of piperidine rings is 1. The molecule has 9 nitrogen and oxygen atoms in total. The van der Waals surface area contributed by atoms with Gasteiger partial charge in [0.15, 0.2) is 0 Å². The van der Waals surface area contributed by atoms with Gasteiger partial charge >= 0.3 is 12.1 Å². The molecular weight excluding hydrogens is 434 g/mol. The average molecular weight is 465 g/mol. The Morgan fingerprint density at radius 3 is 2.24 bits per heavy atom. The van der Waals surface area contributed by atoms with Gasteiger partial charge in [-0.15, -0.1) is 0 Å². The lowest BCUT2D eigenvalue weighted by Crippen LogP contribution is -2.60. The number of hydrogen-bond donors (Lipinski definition) is 2. The Labute approximate surface area is 198 Å². The van der Waals surface area contributed by atoms with Crippen LogP contribution in [0.25, 0.3) is 21.6 Å². The molecule has 1 heterocycles. The van der Waals surface area contributed by atoms with Crippen molar-refractivity contribution in [1.82, 2.24) is 5.32 Å². The first-order valence-electron chi connectivity index (χ1n) is 11.4. The summed E-state index contributed by atoms with van der Waals surface area (Å²) in [4.78, 5) is 27.9. The van der Waals surface area contributed by atoms with Crippen molar-refractivity contribution >= 4 is 12.1 Å². The quantitative estimate of drug-likeness (QED) is 0.276. The monoisotopic (exact) mass is 464 g/mol. The van der Waals surface area contributed by atoms with Gasteiger partial charge in [-0.05, 0) is 27.8 Å². The topological polar surface area (TPSA) is 124 Å². The molecule has 0 bridgehead atoms. The maximum absolute atomic E-state index is 12.8. The Morgan fingerprint density at radius 1 is 1.15 bits per heavy atom. The van der Waals surface area contributed by atoms with E-state index in [4.69, 9.17) is 10.3 Å². The minimum Gasteiger partial charge on any atom is -0.480 e. The summed E-state index contributed by atoms with van der Waals surface area (Å²) in [5, 5.41) is 16.3. The summed E-state index contributed by atoms with van der Waals surface area (Å²) in [7, 11) is 4.15. The Hall–Kier alpha value is -3.55. The molecule has 0 radical (unpaired) electrons. The first-order valence-corrected chi connectivity index (χ1v) is 11.4. The third kappa shape index (κ3) is 4.58. The normalized spacial score (nSPS) is 18.6. The molecule has 178 valence electrons. The fourth-order valence-electron chi connectivity index (χ4n) is 5.23. The van der Waals surface area contributed by atoms with E-state index in [0.717, 1.165) is 39.8 Å². The standard InChI is InChI=1S/C25H29N5O4/c1-30(2)13-11-25(12-14-30,16-27-29-26)22(23(31)32)28-24(33)34-15-21-19-9-5-3-7-17(19)18-8-4-6-10-20(18)21/h3-10,21-22H,11-16H2,1-2H3,(H-,28,31,32,33)/p+1/t22-/m0/s1. The molecule has 2 N–H and O–H groups in total. The lowest BCUT2D eigenvalue weighted by molar-refractivity contribution is -0.897. The Morgan fingerprint density at radius 2 is 1.71 bits per heavy atom. The van der Waals surface area contributed by atoms with Crippen LogP contribution in [-0.2, 0) is 9.53 Å². The number of hydrogen-bond acceptors (Lipinski definition) is 4. The summed E-state index contributed by atoms with van der Waals surface area (Å²) in [5.41, 5.74) is 12.4. The molecule has 0 spiro atoms. The van der Waals surface area contributed by atoms with Crippen molar-refractivity contribution in [3.63, 3.8) is 0 Å². The number of azide groups is 1. The van der Waals surface area contributed by atoms with Crippen LogP contribution in [0.5, 0.6) is 0 Å². The van der Waals surface area contributed by atoms with Crippen LogP contribution >= 0.6 is 0 Å². The van der Waals surface area contributed by atoms with Gasteiger partial charge in [0.05, 0.1) is 27.2 Å². The van der Waals surface area contributed by atoms with E-state index in [-0.39, 0.29) is 19.1 Å². The predicted molar refractivity (Wildman–Crippen MR) is 127 cm³/mol. The SMILES string of the molecule is C[N+]1(C)CCC(CN=[N+]=[N-])([C@@H](NC(=O)OCC2c3ccccc3-c3ccccc32)C(=O)O)CC1. The van der Waals surface area contributed by atoms with Gasteiger partial charge in [-0.3, -0.25) is 0 Å². The van der Waals surface area contributed by atoms with Crippen LogP contribution in [0.2, 0.25) is 0 Å². The second-order valence-electron chi connectivity index (χ2n) is 9.88. The van der Waals surface area contributed by atoms with Crippen LogP contribution in [0.1, 0.15) is 29.9 Å². The highest BCUT2D eigenvalue weighted by Gasteiger charge is 2.48. The zero-order chi connectivity index (χ0) is 24.3. The van der Waals surface area contributed by atoms with Crippen molar-refractivity contribution in [3.8, 4) is 11.1 Å². The second-order valence-corrected chi connectivity index (χ2v) is 9.88. The predicted octanol–water partition coefficient (Wildman–Crippen LogP) is 4.15. The van der Waals surface area contributed by atoms with Crippen molar-refractivity contribution < 1.29 is 23.9 Å². The largest absolute Gasteiger partial charge is 0.480 e. The number of nitrogens with zero attached hydrogens (tertiary/aromatic N) is 4. The average Bonchev–Trinajstić information content (AvgIpc) is 3.15. The maximum Gasteiger partial charge on any atom is 0.407 e. The number of benzene rings is 2. The minimum absolute atomic E-state index is 0.00409. The van der Waals surface area contributed by atoms with Crippen molar-refractivity contribution in [2.45, 2.75) is 24.8 Å². The number of rotatable bonds is 7. The summed E-state index contributed by atoms with van der Waals surface area (Å²) in [6, 6.07) is 14.8. The lowest BCUT2D eigenvalue weighted by Gasteiger charge is -2.46. The number of likely N-dealkylation sites (tertiary alicyclic amines) is 1. The molecule has 1 amide bonds. The Kier molecular flexibility index (Phi) is 6.50. The molecule has 1 aliphatic heterocycles. The number of carboxylic acids is 1. The van der Waals surface area contributed by atoms with Crippen molar-refractivity contribution in [2.24, 2.45) is 10.5 Å². The van der Waals surface area contributed by atoms with Crippen LogP contribution in [0.15, 0.2) is 53.6 Å².